The third-order valence-corrected chi connectivity index (χ3v) is 12.9. The Morgan fingerprint density at radius 1 is 0.462 bits per heavy atom. The maximum Gasteiger partial charge on any atom is 0.362 e. The molecule has 0 spiro atoms. The van der Waals surface area contributed by atoms with Crippen LogP contribution in [-0.4, -0.2) is 80.6 Å². The summed E-state index contributed by atoms with van der Waals surface area (Å²) in [6, 6.07) is -0.614. The fraction of sp³-hybridized carbons (Fsp3) is 0.877. The molecule has 0 aromatic heterocycles. The Labute approximate surface area is 402 Å². The van der Waals surface area contributed by atoms with Crippen molar-refractivity contribution in [3.05, 3.63) is 24.3 Å². The summed E-state index contributed by atoms with van der Waals surface area (Å²) >= 11 is 0. The van der Waals surface area contributed by atoms with Crippen molar-refractivity contribution >= 4 is 17.9 Å². The van der Waals surface area contributed by atoms with Crippen LogP contribution < -0.4 is 0 Å². The molecule has 0 fully saturated rings. The predicted octanol–water partition coefficient (Wildman–Crippen LogP) is 16.4. The maximum absolute atomic E-state index is 12.8. The number of carbonyl (C=O) groups excluding carboxylic acids is 2. The fourth-order valence-electron chi connectivity index (χ4n) is 8.54. The number of hydrogen-bond acceptors (Lipinski definition) is 6. The van der Waals surface area contributed by atoms with Gasteiger partial charge in [-0.2, -0.15) is 0 Å². The number of nitrogens with zero attached hydrogens (tertiary/aromatic N) is 1. The number of esters is 2. The Bertz CT molecular complexity index is 1120. The molecule has 0 radical (unpaired) electrons. The van der Waals surface area contributed by atoms with Crippen LogP contribution >= 0.6 is 0 Å². The lowest BCUT2D eigenvalue weighted by Crippen LogP contribution is -2.50. The van der Waals surface area contributed by atoms with E-state index in [4.69, 9.17) is 14.2 Å². The molecule has 382 valence electrons. The molecule has 0 rings (SSSR count). The number of quaternary nitrogens is 1. The topological polar surface area (TPSA) is 99.1 Å². The van der Waals surface area contributed by atoms with E-state index in [1.807, 2.05) is 21.1 Å². The third kappa shape index (κ3) is 46.7. The summed E-state index contributed by atoms with van der Waals surface area (Å²) in [6.45, 7) is 4.78. The van der Waals surface area contributed by atoms with E-state index in [1.54, 1.807) is 0 Å². The Balaban J connectivity index is 4.18. The molecular formula is C57H108NO7+. The second-order valence-electron chi connectivity index (χ2n) is 20.2. The number of likely N-dealkylation sites (N-methyl/N-ethyl adjacent to an activating group) is 1. The van der Waals surface area contributed by atoms with Gasteiger partial charge in [0.15, 0.2) is 12.1 Å². The van der Waals surface area contributed by atoms with E-state index in [1.165, 1.54) is 186 Å². The molecular weight excluding hydrogens is 811 g/mol. The lowest BCUT2D eigenvalue weighted by atomic mass is 10.0. The smallest absolute Gasteiger partial charge is 0.362 e. The molecule has 0 saturated carbocycles. The number of carbonyl (C=O) groups is 3. The second kappa shape index (κ2) is 48.3. The zero-order chi connectivity index (χ0) is 47.7. The molecule has 0 aromatic carbocycles. The first-order valence-electron chi connectivity index (χ1n) is 27.9. The van der Waals surface area contributed by atoms with Crippen molar-refractivity contribution in [2.24, 2.45) is 0 Å². The SMILES string of the molecule is CCCCCCCCCC/C=C/C/C=C/CCCCCCCCCC(=O)OCC(COCCC(C(=O)O)[N+](C)(C)C)OC(=O)CCCCCCCCCCCCCCCCCCCCC. The molecule has 0 aliphatic rings. The molecule has 65 heavy (non-hydrogen) atoms. The van der Waals surface area contributed by atoms with Crippen LogP contribution in [0.25, 0.3) is 0 Å². The highest BCUT2D eigenvalue weighted by molar-refractivity contribution is 5.72. The molecule has 2 atom stereocenters. The summed E-state index contributed by atoms with van der Waals surface area (Å²) in [7, 11) is 5.55. The summed E-state index contributed by atoms with van der Waals surface area (Å²) in [4.78, 5) is 37.2. The lowest BCUT2D eigenvalue weighted by molar-refractivity contribution is -0.887. The van der Waals surface area contributed by atoms with Crippen molar-refractivity contribution in [2.45, 2.75) is 283 Å². The van der Waals surface area contributed by atoms with Crippen molar-refractivity contribution in [1.82, 2.24) is 0 Å². The molecule has 0 bridgehead atoms. The number of allylic oxidation sites excluding steroid dienone is 4. The molecule has 0 aromatic rings. The number of aliphatic carboxylic acids is 1. The van der Waals surface area contributed by atoms with Crippen LogP contribution in [0, 0.1) is 0 Å². The molecule has 0 saturated heterocycles. The summed E-state index contributed by atoms with van der Waals surface area (Å²) < 4.78 is 17.4. The van der Waals surface area contributed by atoms with E-state index in [2.05, 4.69) is 38.2 Å². The van der Waals surface area contributed by atoms with Gasteiger partial charge in [0.1, 0.15) is 6.61 Å². The summed E-state index contributed by atoms with van der Waals surface area (Å²) in [6.07, 6.45) is 56.6. The minimum atomic E-state index is -0.872. The standard InChI is InChI=1S/C57H107NO7/c1-6-8-10-12-14-16-18-20-22-24-26-27-28-30-31-33-35-37-39-41-43-45-47-55(59)64-52-53(51-63-50-49-54(57(61)62)58(3,4)5)65-56(60)48-46-44-42-40-38-36-34-32-29-25-23-21-19-17-15-13-11-9-7-2/h24,26,28,30,53-54H,6-23,25,27,29,31-52H2,1-5H3/p+1/b26-24+,30-28+. The van der Waals surface area contributed by atoms with Crippen molar-refractivity contribution in [3.63, 3.8) is 0 Å². The fourth-order valence-corrected chi connectivity index (χ4v) is 8.54. The normalized spacial score (nSPS) is 12.9. The Kier molecular flexibility index (Phi) is 46.6. The van der Waals surface area contributed by atoms with E-state index in [-0.39, 0.29) is 36.2 Å². The van der Waals surface area contributed by atoms with Gasteiger partial charge in [0.2, 0.25) is 0 Å². The highest BCUT2D eigenvalue weighted by atomic mass is 16.6. The van der Waals surface area contributed by atoms with Crippen LogP contribution in [0.4, 0.5) is 0 Å². The van der Waals surface area contributed by atoms with E-state index in [0.717, 1.165) is 51.4 Å². The molecule has 8 nitrogen and oxygen atoms in total. The molecule has 0 aliphatic carbocycles. The van der Waals surface area contributed by atoms with Crippen LogP contribution in [0.2, 0.25) is 0 Å². The number of unbranched alkanes of at least 4 members (excludes halogenated alkanes) is 33. The first-order chi connectivity index (χ1) is 31.6. The first-order valence-corrected chi connectivity index (χ1v) is 27.9. The molecule has 2 unspecified atom stereocenters. The van der Waals surface area contributed by atoms with Crippen LogP contribution in [0.3, 0.4) is 0 Å². The first kappa shape index (κ1) is 62.8. The Morgan fingerprint density at radius 3 is 1.18 bits per heavy atom. The Hall–Kier alpha value is -2.19. The van der Waals surface area contributed by atoms with Gasteiger partial charge in [0.25, 0.3) is 0 Å². The molecule has 0 heterocycles. The van der Waals surface area contributed by atoms with E-state index in [0.29, 0.717) is 19.3 Å². The monoisotopic (exact) mass is 919 g/mol. The van der Waals surface area contributed by atoms with Gasteiger partial charge >= 0.3 is 17.9 Å². The second-order valence-corrected chi connectivity index (χ2v) is 20.2. The van der Waals surface area contributed by atoms with Gasteiger partial charge in [-0.3, -0.25) is 9.59 Å². The quantitative estimate of drug-likeness (QED) is 0.0281. The van der Waals surface area contributed by atoms with Gasteiger partial charge in [-0.1, -0.05) is 231 Å². The minimum absolute atomic E-state index is 0.0501. The van der Waals surface area contributed by atoms with E-state index in [9.17, 15) is 19.5 Å². The minimum Gasteiger partial charge on any atom is -0.477 e. The number of carboxylic acids is 1. The highest BCUT2D eigenvalue weighted by Gasteiger charge is 2.31. The van der Waals surface area contributed by atoms with Crippen LogP contribution in [-0.2, 0) is 28.6 Å². The molecule has 8 heteroatoms. The zero-order valence-electron chi connectivity index (χ0n) is 43.7. The zero-order valence-corrected chi connectivity index (χ0v) is 43.7. The molecule has 0 amide bonds. The predicted molar refractivity (Wildman–Crippen MR) is 275 cm³/mol. The van der Waals surface area contributed by atoms with Crippen molar-refractivity contribution in [1.29, 1.82) is 0 Å². The maximum atomic E-state index is 12.8. The average molecular weight is 919 g/mol. The number of carboxylic acid groups (broad SMARTS) is 1. The van der Waals surface area contributed by atoms with Crippen LogP contribution in [0.15, 0.2) is 24.3 Å². The number of rotatable bonds is 51. The van der Waals surface area contributed by atoms with Gasteiger partial charge in [-0.05, 0) is 44.9 Å². The van der Waals surface area contributed by atoms with Crippen molar-refractivity contribution < 1.29 is 38.2 Å². The summed E-state index contributed by atoms with van der Waals surface area (Å²) in [5, 5.41) is 9.67. The van der Waals surface area contributed by atoms with Crippen LogP contribution in [0.5, 0.6) is 0 Å². The van der Waals surface area contributed by atoms with Crippen molar-refractivity contribution in [2.75, 3.05) is 41.0 Å². The average Bonchev–Trinajstić information content (AvgIpc) is 3.27. The third-order valence-electron chi connectivity index (χ3n) is 12.9. The number of ether oxygens (including phenoxy) is 3. The largest absolute Gasteiger partial charge is 0.477 e. The summed E-state index contributed by atoms with van der Waals surface area (Å²) in [5.41, 5.74) is 0. The lowest BCUT2D eigenvalue weighted by Gasteiger charge is -2.31. The molecule has 1 N–H and O–H groups in total. The molecule has 0 aliphatic heterocycles. The van der Waals surface area contributed by atoms with E-state index < -0.39 is 18.1 Å². The van der Waals surface area contributed by atoms with Crippen LogP contribution in [0.1, 0.15) is 271 Å². The van der Waals surface area contributed by atoms with Crippen molar-refractivity contribution in [3.8, 4) is 0 Å². The van der Waals surface area contributed by atoms with Gasteiger partial charge in [0, 0.05) is 19.3 Å². The summed E-state index contributed by atoms with van der Waals surface area (Å²) in [5.74, 6) is -1.46. The highest BCUT2D eigenvalue weighted by Crippen LogP contribution is 2.17. The van der Waals surface area contributed by atoms with E-state index >= 15 is 0 Å². The van der Waals surface area contributed by atoms with Gasteiger partial charge < -0.3 is 23.8 Å². The van der Waals surface area contributed by atoms with Gasteiger partial charge in [-0.25, -0.2) is 4.79 Å². The Morgan fingerprint density at radius 2 is 0.815 bits per heavy atom. The van der Waals surface area contributed by atoms with Gasteiger partial charge in [0.05, 0.1) is 34.4 Å². The van der Waals surface area contributed by atoms with Gasteiger partial charge in [-0.15, -0.1) is 0 Å². The number of hydrogen-bond donors (Lipinski definition) is 1.